The van der Waals surface area contributed by atoms with E-state index in [1.165, 1.54) is 0 Å². The zero-order valence-electron chi connectivity index (χ0n) is 18.5. The van der Waals surface area contributed by atoms with E-state index in [-0.39, 0.29) is 6.09 Å². The van der Waals surface area contributed by atoms with E-state index in [1.54, 1.807) is 41.4 Å². The largest absolute Gasteiger partial charge is 0.444 e. The Morgan fingerprint density at radius 3 is 2.58 bits per heavy atom. The van der Waals surface area contributed by atoms with Crippen LogP contribution in [0.25, 0.3) is 20.9 Å². The Balaban J connectivity index is 1.76. The first-order valence-electron chi connectivity index (χ1n) is 10.0. The van der Waals surface area contributed by atoms with Crippen LogP contribution in [0.1, 0.15) is 32.8 Å². The summed E-state index contributed by atoms with van der Waals surface area (Å²) in [4.78, 5) is 28.6. The lowest BCUT2D eigenvalue weighted by atomic mass is 10.1. The number of hydrogen-bond donors (Lipinski definition) is 0. The van der Waals surface area contributed by atoms with Crippen LogP contribution >= 0.6 is 23.1 Å². The first-order valence-corrected chi connectivity index (χ1v) is 12.1. The van der Waals surface area contributed by atoms with Crippen molar-refractivity contribution in [3.8, 4) is 10.6 Å². The van der Waals surface area contributed by atoms with E-state index >= 15 is 0 Å². The molecule has 0 radical (unpaired) electrons. The fourth-order valence-electron chi connectivity index (χ4n) is 2.94. The highest BCUT2D eigenvalue weighted by molar-refractivity contribution is 7.98. The van der Waals surface area contributed by atoms with Gasteiger partial charge in [0.25, 0.3) is 0 Å². The third-order valence-corrected chi connectivity index (χ3v) is 6.06. The second-order valence-electron chi connectivity index (χ2n) is 8.00. The number of amides is 1. The van der Waals surface area contributed by atoms with Crippen molar-refractivity contribution in [2.75, 3.05) is 26.5 Å². The summed E-state index contributed by atoms with van der Waals surface area (Å²) < 4.78 is 10.7. The molecule has 2 aromatic heterocycles. The minimum Gasteiger partial charge on any atom is -0.444 e. The highest BCUT2D eigenvalue weighted by Crippen LogP contribution is 2.32. The van der Waals surface area contributed by atoms with Gasteiger partial charge in [0, 0.05) is 32.4 Å². The van der Waals surface area contributed by atoms with E-state index in [1.807, 2.05) is 51.3 Å². The molecule has 31 heavy (non-hydrogen) atoms. The summed E-state index contributed by atoms with van der Waals surface area (Å²) in [7, 11) is 1.66. The summed E-state index contributed by atoms with van der Waals surface area (Å²) in [6.45, 7) is 7.25. The molecule has 0 N–H and O–H groups in total. The number of thiazole rings is 1. The van der Waals surface area contributed by atoms with E-state index in [0.717, 1.165) is 37.9 Å². The summed E-state index contributed by atoms with van der Waals surface area (Å²) in [6, 6.07) is 8.11. The van der Waals surface area contributed by atoms with E-state index in [4.69, 9.17) is 14.5 Å². The number of hydrogen-bond acceptors (Lipinski definition) is 8. The molecule has 0 aliphatic carbocycles. The van der Waals surface area contributed by atoms with Gasteiger partial charge in [-0.25, -0.2) is 19.7 Å². The number of carbonyl (C=O) groups is 1. The molecular formula is C22H28N4O3S2. The number of aromatic nitrogens is 3. The molecule has 0 aliphatic heterocycles. The van der Waals surface area contributed by atoms with Gasteiger partial charge in [-0.2, -0.15) is 0 Å². The van der Waals surface area contributed by atoms with Crippen LogP contribution in [-0.2, 0) is 16.0 Å². The molecule has 3 aromatic rings. The quantitative estimate of drug-likeness (QED) is 0.258. The molecular weight excluding hydrogens is 432 g/mol. The minimum absolute atomic E-state index is 0.318. The van der Waals surface area contributed by atoms with Crippen molar-refractivity contribution < 1.29 is 14.3 Å². The predicted octanol–water partition coefficient (Wildman–Crippen LogP) is 5.25. The zero-order chi connectivity index (χ0) is 22.4. The van der Waals surface area contributed by atoms with Crippen LogP contribution in [0, 0.1) is 0 Å². The predicted molar refractivity (Wildman–Crippen MR) is 126 cm³/mol. The molecule has 166 valence electrons. The van der Waals surface area contributed by atoms with Crippen molar-refractivity contribution in [1.29, 1.82) is 0 Å². The summed E-state index contributed by atoms with van der Waals surface area (Å²) in [5.74, 6) is 0. The van der Waals surface area contributed by atoms with Crippen LogP contribution < -0.4 is 0 Å². The summed E-state index contributed by atoms with van der Waals surface area (Å²) in [5.41, 5.74) is 2.35. The fourth-order valence-corrected chi connectivity index (χ4v) is 4.41. The lowest BCUT2D eigenvalue weighted by Gasteiger charge is -2.27. The molecule has 7 nitrogen and oxygen atoms in total. The van der Waals surface area contributed by atoms with Gasteiger partial charge >= 0.3 is 6.09 Å². The molecule has 9 heteroatoms. The van der Waals surface area contributed by atoms with Crippen LogP contribution in [0.4, 0.5) is 4.79 Å². The SMILES string of the molecule is COCCCN(Cc1ccc(-c2nc3c(SC)ncnc3s2)cc1)C(=O)OC(C)(C)C. The van der Waals surface area contributed by atoms with Gasteiger partial charge in [-0.1, -0.05) is 35.6 Å². The minimum atomic E-state index is -0.536. The average Bonchev–Trinajstić information content (AvgIpc) is 3.17. The standard InChI is InChI=1S/C22H28N4O3S2/c1-22(2,3)29-21(27)26(11-6-12-28-4)13-15-7-9-16(10-8-15)18-25-17-19(30-5)23-14-24-20(17)31-18/h7-10,14H,6,11-13H2,1-5H3. The van der Waals surface area contributed by atoms with Crippen LogP contribution in [-0.4, -0.2) is 58.1 Å². The molecule has 0 unspecified atom stereocenters. The highest BCUT2D eigenvalue weighted by atomic mass is 32.2. The molecule has 1 amide bonds. The second-order valence-corrected chi connectivity index (χ2v) is 9.77. The molecule has 1 aromatic carbocycles. The van der Waals surface area contributed by atoms with Gasteiger partial charge in [0.05, 0.1) is 0 Å². The number of carbonyl (C=O) groups excluding carboxylic acids is 1. The fraction of sp³-hybridized carbons (Fsp3) is 0.455. The Hall–Kier alpha value is -2.23. The van der Waals surface area contributed by atoms with E-state index in [9.17, 15) is 4.79 Å². The zero-order valence-corrected chi connectivity index (χ0v) is 20.2. The number of fused-ring (bicyclic) bond motifs is 1. The Bertz CT molecular complexity index is 1020. The maximum atomic E-state index is 12.6. The third kappa shape index (κ3) is 6.38. The third-order valence-electron chi connectivity index (χ3n) is 4.36. The Kier molecular flexibility index (Phi) is 7.85. The number of rotatable bonds is 8. The summed E-state index contributed by atoms with van der Waals surface area (Å²) in [6.07, 6.45) is 3.99. The van der Waals surface area contributed by atoms with Crippen molar-refractivity contribution in [2.45, 2.75) is 44.4 Å². The lowest BCUT2D eigenvalue weighted by molar-refractivity contribution is 0.0218. The van der Waals surface area contributed by atoms with E-state index < -0.39 is 5.60 Å². The van der Waals surface area contributed by atoms with E-state index in [0.29, 0.717) is 19.7 Å². The summed E-state index contributed by atoms with van der Waals surface area (Å²) >= 11 is 3.12. The topological polar surface area (TPSA) is 77.4 Å². The van der Waals surface area contributed by atoms with Crippen LogP contribution in [0.2, 0.25) is 0 Å². The molecule has 0 bridgehead atoms. The lowest BCUT2D eigenvalue weighted by Crippen LogP contribution is -2.37. The molecule has 0 aliphatic rings. The Morgan fingerprint density at radius 1 is 1.19 bits per heavy atom. The molecule has 0 saturated carbocycles. The van der Waals surface area contributed by atoms with Gasteiger partial charge in [-0.3, -0.25) is 0 Å². The van der Waals surface area contributed by atoms with Gasteiger partial charge in [-0.05, 0) is 39.0 Å². The molecule has 0 atom stereocenters. The number of nitrogens with zero attached hydrogens (tertiary/aromatic N) is 4. The maximum absolute atomic E-state index is 12.6. The number of ether oxygens (including phenoxy) is 2. The number of methoxy groups -OCH3 is 1. The van der Waals surface area contributed by atoms with Crippen LogP contribution in [0.3, 0.4) is 0 Å². The monoisotopic (exact) mass is 460 g/mol. The van der Waals surface area contributed by atoms with Gasteiger partial charge in [0.15, 0.2) is 0 Å². The number of benzene rings is 1. The second kappa shape index (κ2) is 10.4. The van der Waals surface area contributed by atoms with Crippen LogP contribution in [0.15, 0.2) is 35.6 Å². The molecule has 0 fully saturated rings. The molecule has 0 saturated heterocycles. The van der Waals surface area contributed by atoms with Crippen molar-refractivity contribution in [3.63, 3.8) is 0 Å². The molecule has 2 heterocycles. The average molecular weight is 461 g/mol. The smallest absolute Gasteiger partial charge is 0.410 e. The van der Waals surface area contributed by atoms with Gasteiger partial charge in [0.1, 0.15) is 32.3 Å². The Labute approximate surface area is 191 Å². The first kappa shape index (κ1) is 23.4. The van der Waals surface area contributed by atoms with Gasteiger partial charge in [0.2, 0.25) is 0 Å². The van der Waals surface area contributed by atoms with Crippen molar-refractivity contribution >= 4 is 39.5 Å². The van der Waals surface area contributed by atoms with Crippen molar-refractivity contribution in [1.82, 2.24) is 19.9 Å². The highest BCUT2D eigenvalue weighted by Gasteiger charge is 2.22. The normalized spacial score (nSPS) is 11.6. The molecule has 3 rings (SSSR count). The molecule has 0 spiro atoms. The van der Waals surface area contributed by atoms with Crippen LogP contribution in [0.5, 0.6) is 0 Å². The number of thioether (sulfide) groups is 1. The van der Waals surface area contributed by atoms with Gasteiger partial charge < -0.3 is 14.4 Å². The Morgan fingerprint density at radius 2 is 1.94 bits per heavy atom. The van der Waals surface area contributed by atoms with Crippen molar-refractivity contribution in [2.24, 2.45) is 0 Å². The van der Waals surface area contributed by atoms with E-state index in [2.05, 4.69) is 9.97 Å². The van der Waals surface area contributed by atoms with Crippen molar-refractivity contribution in [3.05, 3.63) is 36.2 Å². The summed E-state index contributed by atoms with van der Waals surface area (Å²) in [5, 5.41) is 1.79. The maximum Gasteiger partial charge on any atom is 0.410 e. The first-order chi connectivity index (χ1) is 14.8. The van der Waals surface area contributed by atoms with Gasteiger partial charge in [-0.15, -0.1) is 11.8 Å².